The third-order valence-corrected chi connectivity index (χ3v) is 7.83. The van der Waals surface area contributed by atoms with E-state index < -0.39 is 15.1 Å². The van der Waals surface area contributed by atoms with Crippen molar-refractivity contribution in [2.24, 2.45) is 0 Å². The van der Waals surface area contributed by atoms with Crippen LogP contribution in [0.4, 0.5) is 11.8 Å². The average Bonchev–Trinajstić information content (AvgIpc) is 2.84. The maximum atomic E-state index is 13.8. The molecule has 4 heterocycles. The zero-order valence-corrected chi connectivity index (χ0v) is 18.2. The zero-order chi connectivity index (χ0) is 22.1. The highest BCUT2D eigenvalue weighted by atomic mass is 32.2. The molecule has 0 amide bonds. The molecular formula is C22H23N5O4S. The van der Waals surface area contributed by atoms with Crippen molar-refractivity contribution in [1.82, 2.24) is 15.0 Å². The van der Waals surface area contributed by atoms with E-state index in [9.17, 15) is 8.42 Å². The van der Waals surface area contributed by atoms with Crippen LogP contribution in [0.5, 0.6) is 5.75 Å². The molecule has 2 N–H and O–H groups in total. The quantitative estimate of drug-likeness (QED) is 0.634. The van der Waals surface area contributed by atoms with Crippen LogP contribution in [0.25, 0.3) is 11.3 Å². The van der Waals surface area contributed by atoms with Crippen molar-refractivity contribution in [3.8, 4) is 17.0 Å². The van der Waals surface area contributed by atoms with Crippen molar-refractivity contribution in [2.45, 2.75) is 16.6 Å². The van der Waals surface area contributed by atoms with E-state index in [0.29, 0.717) is 67.7 Å². The number of fused-ring (bicyclic) bond motifs is 1. The molecule has 1 atom stereocenters. The number of para-hydroxylation sites is 1. The predicted molar refractivity (Wildman–Crippen MR) is 119 cm³/mol. The van der Waals surface area contributed by atoms with E-state index in [1.807, 2.05) is 23.1 Å². The van der Waals surface area contributed by atoms with E-state index in [0.717, 1.165) is 0 Å². The molecule has 1 unspecified atom stereocenters. The number of ether oxygens (including phenoxy) is 2. The fourth-order valence-corrected chi connectivity index (χ4v) is 5.83. The van der Waals surface area contributed by atoms with Crippen LogP contribution in [0.2, 0.25) is 0 Å². The number of sulfone groups is 1. The minimum Gasteiger partial charge on any atom is -0.493 e. The van der Waals surface area contributed by atoms with Gasteiger partial charge < -0.3 is 20.1 Å². The lowest BCUT2D eigenvalue weighted by Gasteiger charge is -2.29. The Morgan fingerprint density at radius 1 is 1.03 bits per heavy atom. The van der Waals surface area contributed by atoms with Gasteiger partial charge in [-0.25, -0.2) is 23.4 Å². The number of nitrogens with zero attached hydrogens (tertiary/aromatic N) is 4. The number of morpholine rings is 1. The maximum absolute atomic E-state index is 13.8. The summed E-state index contributed by atoms with van der Waals surface area (Å²) in [6, 6.07) is 10.5. The van der Waals surface area contributed by atoms with E-state index in [1.165, 1.54) is 0 Å². The van der Waals surface area contributed by atoms with Crippen LogP contribution >= 0.6 is 0 Å². The smallest absolute Gasteiger partial charge is 0.219 e. The van der Waals surface area contributed by atoms with Gasteiger partial charge in [-0.05, 0) is 18.2 Å². The van der Waals surface area contributed by atoms with Gasteiger partial charge >= 0.3 is 0 Å². The minimum absolute atomic E-state index is 0.143. The lowest BCUT2D eigenvalue weighted by atomic mass is 10.1. The molecule has 32 heavy (non-hydrogen) atoms. The van der Waals surface area contributed by atoms with Gasteiger partial charge in [0, 0.05) is 43.0 Å². The molecule has 1 fully saturated rings. The first-order chi connectivity index (χ1) is 15.5. The number of aromatic nitrogens is 3. The topological polar surface area (TPSA) is 121 Å². The number of anilines is 2. The standard InChI is InChI=1S/C22H23N5O4S/c23-22-24-13-15(14-25-22)18-11-16(12-21(26-18)27-6-9-30-10-7-27)32(28,29)20-5-8-31-19-4-2-1-3-17(19)20/h1-4,11-14,20H,5-10H2,(H2,23,24,25). The van der Waals surface area contributed by atoms with Crippen molar-refractivity contribution in [1.29, 1.82) is 0 Å². The highest BCUT2D eigenvalue weighted by Crippen LogP contribution is 2.41. The largest absolute Gasteiger partial charge is 0.493 e. The molecule has 2 aromatic heterocycles. The lowest BCUT2D eigenvalue weighted by molar-refractivity contribution is 0.122. The van der Waals surface area contributed by atoms with Crippen LogP contribution < -0.4 is 15.4 Å². The molecule has 0 aliphatic carbocycles. The summed E-state index contributed by atoms with van der Waals surface area (Å²) in [7, 11) is -3.72. The van der Waals surface area contributed by atoms with E-state index in [-0.39, 0.29) is 10.8 Å². The fourth-order valence-electron chi connectivity index (χ4n) is 4.02. The van der Waals surface area contributed by atoms with E-state index >= 15 is 0 Å². The summed E-state index contributed by atoms with van der Waals surface area (Å²) < 4.78 is 38.8. The highest BCUT2D eigenvalue weighted by Gasteiger charge is 2.35. The Morgan fingerprint density at radius 3 is 2.56 bits per heavy atom. The number of hydrogen-bond donors (Lipinski definition) is 1. The van der Waals surface area contributed by atoms with Gasteiger partial charge in [0.2, 0.25) is 5.95 Å². The van der Waals surface area contributed by atoms with Crippen LogP contribution in [0.1, 0.15) is 17.2 Å². The number of hydrogen-bond acceptors (Lipinski definition) is 9. The molecule has 2 aliphatic heterocycles. The van der Waals surface area contributed by atoms with Crippen LogP contribution in [0.3, 0.4) is 0 Å². The van der Waals surface area contributed by atoms with Gasteiger partial charge in [-0.15, -0.1) is 0 Å². The van der Waals surface area contributed by atoms with Crippen molar-refractivity contribution in [3.63, 3.8) is 0 Å². The monoisotopic (exact) mass is 453 g/mol. The second-order valence-electron chi connectivity index (χ2n) is 7.68. The molecule has 5 rings (SSSR count). The molecular weight excluding hydrogens is 430 g/mol. The number of rotatable bonds is 4. The summed E-state index contributed by atoms with van der Waals surface area (Å²) in [5.41, 5.74) is 7.38. The molecule has 0 radical (unpaired) electrons. The lowest BCUT2D eigenvalue weighted by Crippen LogP contribution is -2.37. The van der Waals surface area contributed by atoms with Gasteiger partial charge in [-0.3, -0.25) is 0 Å². The van der Waals surface area contributed by atoms with Gasteiger partial charge in [-0.1, -0.05) is 18.2 Å². The van der Waals surface area contributed by atoms with Crippen molar-refractivity contribution >= 4 is 21.6 Å². The van der Waals surface area contributed by atoms with Gasteiger partial charge in [0.05, 0.1) is 35.7 Å². The number of benzene rings is 1. The molecule has 0 bridgehead atoms. The summed E-state index contributed by atoms with van der Waals surface area (Å²) in [4.78, 5) is 15.0. The SMILES string of the molecule is Nc1ncc(-c2cc(S(=O)(=O)C3CCOc4ccccc43)cc(N3CCOCC3)n2)cn1. The summed E-state index contributed by atoms with van der Waals surface area (Å²) in [5, 5.41) is -0.692. The highest BCUT2D eigenvalue weighted by molar-refractivity contribution is 7.91. The van der Waals surface area contributed by atoms with Gasteiger partial charge in [0.1, 0.15) is 11.6 Å². The molecule has 166 valence electrons. The van der Waals surface area contributed by atoms with E-state index in [2.05, 4.69) is 9.97 Å². The van der Waals surface area contributed by atoms with Crippen LogP contribution in [0.15, 0.2) is 53.7 Å². The molecule has 3 aromatic rings. The Morgan fingerprint density at radius 2 is 1.78 bits per heavy atom. The maximum Gasteiger partial charge on any atom is 0.219 e. The first-order valence-electron chi connectivity index (χ1n) is 10.4. The van der Waals surface area contributed by atoms with Gasteiger partial charge in [0.15, 0.2) is 9.84 Å². The molecule has 9 nitrogen and oxygen atoms in total. The fraction of sp³-hybridized carbons (Fsp3) is 0.318. The summed E-state index contributed by atoms with van der Waals surface area (Å²) in [6.07, 6.45) is 3.48. The average molecular weight is 454 g/mol. The third-order valence-electron chi connectivity index (χ3n) is 5.69. The molecule has 0 spiro atoms. The van der Waals surface area contributed by atoms with Crippen LogP contribution in [-0.2, 0) is 14.6 Å². The Labute approximate surface area is 186 Å². The minimum atomic E-state index is -3.72. The normalized spacial score (nSPS) is 18.6. The molecule has 2 aliphatic rings. The summed E-state index contributed by atoms with van der Waals surface area (Å²) in [5.74, 6) is 1.34. The Balaban J connectivity index is 1.62. The van der Waals surface area contributed by atoms with Crippen molar-refractivity contribution in [3.05, 3.63) is 54.4 Å². The first-order valence-corrected chi connectivity index (χ1v) is 12.0. The van der Waals surface area contributed by atoms with Crippen LogP contribution in [0, 0.1) is 0 Å². The second-order valence-corrected chi connectivity index (χ2v) is 9.81. The Bertz CT molecular complexity index is 1230. The number of pyridine rings is 1. The Kier molecular flexibility index (Phi) is 5.40. The van der Waals surface area contributed by atoms with Gasteiger partial charge in [-0.2, -0.15) is 0 Å². The number of nitrogen functional groups attached to an aromatic ring is 1. The predicted octanol–water partition coefficient (Wildman–Crippen LogP) is 2.25. The molecule has 1 aromatic carbocycles. The molecule has 1 saturated heterocycles. The van der Waals surface area contributed by atoms with Crippen molar-refractivity contribution in [2.75, 3.05) is 43.5 Å². The molecule has 10 heteroatoms. The molecule has 0 saturated carbocycles. The van der Waals surface area contributed by atoms with E-state index in [4.69, 9.17) is 20.2 Å². The summed E-state index contributed by atoms with van der Waals surface area (Å²) in [6.45, 7) is 2.74. The van der Waals surface area contributed by atoms with Crippen molar-refractivity contribution < 1.29 is 17.9 Å². The second kappa shape index (κ2) is 8.36. The summed E-state index contributed by atoms with van der Waals surface area (Å²) >= 11 is 0. The van der Waals surface area contributed by atoms with E-state index in [1.54, 1.807) is 30.6 Å². The zero-order valence-electron chi connectivity index (χ0n) is 17.3. The number of nitrogens with two attached hydrogens (primary N) is 1. The van der Waals surface area contributed by atoms with Crippen LogP contribution in [-0.4, -0.2) is 56.3 Å². The van der Waals surface area contributed by atoms with Gasteiger partial charge in [0.25, 0.3) is 0 Å². The third kappa shape index (κ3) is 3.87. The first kappa shape index (κ1) is 20.7. The Hall–Kier alpha value is -3.24.